The summed E-state index contributed by atoms with van der Waals surface area (Å²) in [5, 5.41) is 12.1. The summed E-state index contributed by atoms with van der Waals surface area (Å²) in [4.78, 5) is 28.8. The summed E-state index contributed by atoms with van der Waals surface area (Å²) < 4.78 is 3.78. The quantitative estimate of drug-likeness (QED) is 0.312. The first kappa shape index (κ1) is 23.0. The van der Waals surface area contributed by atoms with Gasteiger partial charge in [-0.3, -0.25) is 9.59 Å². The van der Waals surface area contributed by atoms with Crippen LogP contribution in [0.3, 0.4) is 0 Å². The minimum absolute atomic E-state index is 0.209. The lowest BCUT2D eigenvalue weighted by molar-refractivity contribution is -0.119. The van der Waals surface area contributed by atoms with Crippen LogP contribution in [0.15, 0.2) is 85.5 Å². The molecular weight excluding hydrogens is 452 g/mol. The molecule has 0 bridgehead atoms. The Kier molecular flexibility index (Phi) is 6.32. The highest BCUT2D eigenvalue weighted by atomic mass is 16.2. The van der Waals surface area contributed by atoms with Gasteiger partial charge in [0.15, 0.2) is 0 Å². The number of hydrogen-bond acceptors (Lipinski definition) is 4. The van der Waals surface area contributed by atoms with Crippen molar-refractivity contribution in [2.24, 2.45) is 0 Å². The Morgan fingerprint density at radius 1 is 0.944 bits per heavy atom. The molecular formula is C28H26N6O2. The van der Waals surface area contributed by atoms with Crippen molar-refractivity contribution in [3.8, 4) is 0 Å². The van der Waals surface area contributed by atoms with Crippen LogP contribution in [0.25, 0.3) is 27.9 Å². The van der Waals surface area contributed by atoms with Crippen molar-refractivity contribution in [3.05, 3.63) is 91.0 Å². The fourth-order valence-corrected chi connectivity index (χ4v) is 4.29. The smallest absolute Gasteiger partial charge is 0.249 e. The van der Waals surface area contributed by atoms with E-state index in [1.165, 1.54) is 45.2 Å². The van der Waals surface area contributed by atoms with E-state index in [9.17, 15) is 9.59 Å². The molecule has 0 aliphatic heterocycles. The molecule has 2 amide bonds. The number of carbonyl (C=O) groups excluding carboxylic acids is 2. The number of nitrogens with one attached hydrogen (secondary N) is 2. The van der Waals surface area contributed by atoms with E-state index in [0.717, 1.165) is 12.1 Å². The molecule has 5 aromatic rings. The van der Waals surface area contributed by atoms with Crippen molar-refractivity contribution in [2.75, 3.05) is 10.6 Å². The van der Waals surface area contributed by atoms with E-state index >= 15 is 0 Å². The second-order valence-corrected chi connectivity index (χ2v) is 8.48. The summed E-state index contributed by atoms with van der Waals surface area (Å²) in [5.74, 6) is -0.443. The molecule has 0 aliphatic rings. The number of aromatic nitrogens is 4. The highest BCUT2D eigenvalue weighted by Gasteiger charge is 2.15. The van der Waals surface area contributed by atoms with Crippen LogP contribution in [0.5, 0.6) is 0 Å². The van der Waals surface area contributed by atoms with E-state index in [1.807, 2.05) is 18.2 Å². The molecule has 8 heteroatoms. The maximum atomic E-state index is 12.5. The van der Waals surface area contributed by atoms with Crippen LogP contribution in [0.1, 0.15) is 25.5 Å². The number of hydrogen-bond donors (Lipinski definition) is 2. The van der Waals surface area contributed by atoms with Crippen LogP contribution in [0.2, 0.25) is 0 Å². The maximum Gasteiger partial charge on any atom is 0.249 e. The zero-order chi connectivity index (χ0) is 25.1. The van der Waals surface area contributed by atoms with E-state index in [0.29, 0.717) is 11.4 Å². The summed E-state index contributed by atoms with van der Waals surface area (Å²) in [6.45, 7) is 4.78. The number of amides is 2. The summed E-state index contributed by atoms with van der Waals surface area (Å²) in [6.07, 6.45) is 6.22. The molecule has 1 unspecified atom stereocenters. The Labute approximate surface area is 208 Å². The van der Waals surface area contributed by atoms with Crippen molar-refractivity contribution in [1.29, 1.82) is 0 Å². The summed E-state index contributed by atoms with van der Waals surface area (Å²) in [6, 6.07) is 21.1. The van der Waals surface area contributed by atoms with E-state index in [2.05, 4.69) is 62.5 Å². The fraction of sp³-hybridized carbons (Fsp3) is 0.143. The van der Waals surface area contributed by atoms with Crippen LogP contribution in [0, 0.1) is 0 Å². The Morgan fingerprint density at radius 2 is 1.67 bits per heavy atom. The molecule has 1 atom stereocenters. The van der Waals surface area contributed by atoms with Gasteiger partial charge >= 0.3 is 0 Å². The standard InChI is InChI=1S/C28H26N6O2/c1-3-33-25-7-5-4-6-23(25)24-16-20(8-14-26(24)33)9-15-27(35)31-21-10-12-22(13-11-21)32-28(36)19(2)34-18-29-17-30-34/h4-19H,3H2,1-2H3,(H,31,35)(H,32,36)/b15-9+. The topological polar surface area (TPSA) is 93.8 Å². The number of aryl methyl sites for hydroxylation is 1. The summed E-state index contributed by atoms with van der Waals surface area (Å²) in [5.41, 5.74) is 4.61. The van der Waals surface area contributed by atoms with Gasteiger partial charge in [0, 0.05) is 45.8 Å². The monoisotopic (exact) mass is 478 g/mol. The number of carbonyl (C=O) groups is 2. The van der Waals surface area contributed by atoms with E-state index in [4.69, 9.17) is 0 Å². The molecule has 2 N–H and O–H groups in total. The van der Waals surface area contributed by atoms with Crippen LogP contribution in [-0.2, 0) is 16.1 Å². The molecule has 3 aromatic carbocycles. The Balaban J connectivity index is 1.24. The van der Waals surface area contributed by atoms with Crippen LogP contribution in [0.4, 0.5) is 11.4 Å². The van der Waals surface area contributed by atoms with Crippen LogP contribution < -0.4 is 10.6 Å². The molecule has 0 saturated carbocycles. The molecule has 0 saturated heterocycles. The molecule has 2 heterocycles. The number of nitrogens with zero attached hydrogens (tertiary/aromatic N) is 4. The fourth-order valence-electron chi connectivity index (χ4n) is 4.29. The van der Waals surface area contributed by atoms with Gasteiger partial charge in [0.25, 0.3) is 0 Å². The van der Waals surface area contributed by atoms with Crippen molar-refractivity contribution >= 4 is 51.1 Å². The second kappa shape index (κ2) is 9.87. The van der Waals surface area contributed by atoms with Gasteiger partial charge < -0.3 is 15.2 Å². The van der Waals surface area contributed by atoms with Gasteiger partial charge in [0.2, 0.25) is 11.8 Å². The van der Waals surface area contributed by atoms with Gasteiger partial charge in [-0.25, -0.2) is 9.67 Å². The maximum absolute atomic E-state index is 12.5. The summed E-state index contributed by atoms with van der Waals surface area (Å²) in [7, 11) is 0. The van der Waals surface area contributed by atoms with Gasteiger partial charge in [-0.05, 0) is 68.0 Å². The number of para-hydroxylation sites is 1. The average molecular weight is 479 g/mol. The Hall–Kier alpha value is -4.72. The van der Waals surface area contributed by atoms with Gasteiger partial charge in [-0.15, -0.1) is 0 Å². The minimum Gasteiger partial charge on any atom is -0.341 e. The SMILES string of the molecule is CCn1c2ccccc2c2cc(/C=C/C(=O)Nc3ccc(NC(=O)C(C)n4cncn4)cc3)ccc21. The number of rotatable bonds is 7. The molecule has 0 radical (unpaired) electrons. The predicted molar refractivity (Wildman–Crippen MR) is 143 cm³/mol. The van der Waals surface area contributed by atoms with Crippen LogP contribution in [-0.4, -0.2) is 31.1 Å². The first-order chi connectivity index (χ1) is 17.5. The van der Waals surface area contributed by atoms with Crippen molar-refractivity contribution in [1.82, 2.24) is 19.3 Å². The lowest BCUT2D eigenvalue weighted by atomic mass is 10.1. The molecule has 180 valence electrons. The number of fused-ring (bicyclic) bond motifs is 3. The number of anilines is 2. The lowest BCUT2D eigenvalue weighted by Gasteiger charge is -2.12. The first-order valence-corrected chi connectivity index (χ1v) is 11.8. The molecule has 5 rings (SSSR count). The van der Waals surface area contributed by atoms with Gasteiger partial charge in [0.1, 0.15) is 18.7 Å². The Bertz CT molecular complexity index is 1570. The zero-order valence-corrected chi connectivity index (χ0v) is 20.1. The van der Waals surface area contributed by atoms with Crippen LogP contribution >= 0.6 is 0 Å². The second-order valence-electron chi connectivity index (χ2n) is 8.48. The predicted octanol–water partition coefficient (Wildman–Crippen LogP) is 5.26. The lowest BCUT2D eigenvalue weighted by Crippen LogP contribution is -2.24. The summed E-state index contributed by atoms with van der Waals surface area (Å²) >= 11 is 0. The van der Waals surface area contributed by atoms with Crippen molar-refractivity contribution in [3.63, 3.8) is 0 Å². The molecule has 2 aromatic heterocycles. The van der Waals surface area contributed by atoms with E-state index < -0.39 is 6.04 Å². The number of benzene rings is 3. The third kappa shape index (κ3) is 4.61. The molecule has 0 fully saturated rings. The normalized spacial score (nSPS) is 12.3. The highest BCUT2D eigenvalue weighted by Crippen LogP contribution is 2.30. The third-order valence-electron chi connectivity index (χ3n) is 6.17. The van der Waals surface area contributed by atoms with Gasteiger partial charge in [-0.2, -0.15) is 5.10 Å². The Morgan fingerprint density at radius 3 is 2.39 bits per heavy atom. The zero-order valence-electron chi connectivity index (χ0n) is 20.1. The minimum atomic E-state index is -0.491. The third-order valence-corrected chi connectivity index (χ3v) is 6.17. The van der Waals surface area contributed by atoms with Gasteiger partial charge in [-0.1, -0.05) is 24.3 Å². The van der Waals surface area contributed by atoms with Gasteiger partial charge in [0.05, 0.1) is 0 Å². The van der Waals surface area contributed by atoms with E-state index in [-0.39, 0.29) is 11.8 Å². The van der Waals surface area contributed by atoms with Crippen molar-refractivity contribution < 1.29 is 9.59 Å². The molecule has 0 spiro atoms. The first-order valence-electron chi connectivity index (χ1n) is 11.8. The van der Waals surface area contributed by atoms with Crippen molar-refractivity contribution in [2.45, 2.75) is 26.4 Å². The molecule has 8 nitrogen and oxygen atoms in total. The molecule has 36 heavy (non-hydrogen) atoms. The van der Waals surface area contributed by atoms with E-state index in [1.54, 1.807) is 31.2 Å². The largest absolute Gasteiger partial charge is 0.341 e. The average Bonchev–Trinajstić information content (AvgIpc) is 3.54. The highest BCUT2D eigenvalue weighted by molar-refractivity contribution is 6.09. The molecule has 0 aliphatic carbocycles.